The fraction of sp³-hybridized carbons (Fsp3) is 0.385. The summed E-state index contributed by atoms with van der Waals surface area (Å²) in [5.74, 6) is -0.752. The fourth-order valence-corrected chi connectivity index (χ4v) is 2.09. The molecule has 0 unspecified atom stereocenters. The van der Waals surface area contributed by atoms with E-state index in [2.05, 4.69) is 9.98 Å². The molecule has 1 aromatic rings. The van der Waals surface area contributed by atoms with Crippen LogP contribution in [0.1, 0.15) is 25.2 Å². The second-order valence-corrected chi connectivity index (χ2v) is 5.77. The highest BCUT2D eigenvalue weighted by molar-refractivity contribution is 7.14. The molecule has 0 aromatic carbocycles. The van der Waals surface area contributed by atoms with Gasteiger partial charge in [0, 0.05) is 40.5 Å². The molecule has 6 nitrogen and oxygen atoms in total. The number of aromatic nitrogens is 1. The Bertz CT molecular complexity index is 511. The van der Waals surface area contributed by atoms with E-state index >= 15 is 0 Å². The Morgan fingerprint density at radius 3 is 2.40 bits per heavy atom. The van der Waals surface area contributed by atoms with E-state index in [0.29, 0.717) is 9.88 Å². The lowest BCUT2D eigenvalue weighted by Gasteiger charge is -2.02. The van der Waals surface area contributed by atoms with E-state index in [1.165, 1.54) is 23.8 Å². The number of ketones is 1. The van der Waals surface area contributed by atoms with Gasteiger partial charge in [-0.25, -0.2) is 4.98 Å². The van der Waals surface area contributed by atoms with Gasteiger partial charge in [-0.2, -0.15) is 4.99 Å². The first-order chi connectivity index (χ1) is 9.31. The summed E-state index contributed by atoms with van der Waals surface area (Å²) in [5, 5.41) is 0.662. The quantitative estimate of drug-likeness (QED) is 0.356. The van der Waals surface area contributed by atoms with Crippen molar-refractivity contribution < 1.29 is 9.59 Å². The van der Waals surface area contributed by atoms with Crippen LogP contribution >= 0.6 is 11.3 Å². The van der Waals surface area contributed by atoms with Crippen LogP contribution in [0.2, 0.25) is 0 Å². The van der Waals surface area contributed by atoms with Gasteiger partial charge in [0.1, 0.15) is 4.88 Å². The van der Waals surface area contributed by atoms with Gasteiger partial charge in [-0.05, 0) is 6.92 Å². The average molecular weight is 294 g/mol. The molecule has 20 heavy (non-hydrogen) atoms. The number of thiazole rings is 1. The summed E-state index contributed by atoms with van der Waals surface area (Å²) >= 11 is 1.20. The standard InChI is InChI=1S/C13H18N4O2S/c1-9-15-11(13(19)14-8-17(4)5)12(20-9)10(18)6-7-16(2)3/h6-8H,1-5H3/b7-6+,14-8?. The third-order valence-corrected chi connectivity index (χ3v) is 3.08. The van der Waals surface area contributed by atoms with Crippen molar-refractivity contribution >= 4 is 29.4 Å². The molecule has 1 amide bonds. The predicted molar refractivity (Wildman–Crippen MR) is 80.5 cm³/mol. The Hall–Kier alpha value is -2.02. The number of aliphatic imine (C=N–C) groups is 1. The topological polar surface area (TPSA) is 65.9 Å². The maximum Gasteiger partial charge on any atom is 0.298 e. The maximum atomic E-state index is 12.1. The number of carbonyl (C=O) groups is 2. The normalized spacial score (nSPS) is 11.2. The van der Waals surface area contributed by atoms with Gasteiger partial charge in [0.2, 0.25) is 0 Å². The van der Waals surface area contributed by atoms with E-state index in [1.807, 2.05) is 14.1 Å². The molecule has 1 aromatic heterocycles. The summed E-state index contributed by atoms with van der Waals surface area (Å²) in [6.07, 6.45) is 4.44. The molecule has 0 saturated carbocycles. The smallest absolute Gasteiger partial charge is 0.298 e. The van der Waals surface area contributed by atoms with Crippen molar-refractivity contribution in [1.29, 1.82) is 0 Å². The SMILES string of the molecule is Cc1nc(C(=O)N=CN(C)C)c(C(=O)/C=C/N(C)C)s1. The maximum absolute atomic E-state index is 12.1. The van der Waals surface area contributed by atoms with E-state index in [9.17, 15) is 9.59 Å². The van der Waals surface area contributed by atoms with Gasteiger partial charge in [0.05, 0.1) is 11.3 Å². The van der Waals surface area contributed by atoms with Crippen LogP contribution in [0, 0.1) is 6.92 Å². The van der Waals surface area contributed by atoms with E-state index in [-0.39, 0.29) is 11.5 Å². The first-order valence-corrected chi connectivity index (χ1v) is 6.74. The van der Waals surface area contributed by atoms with Gasteiger partial charge in [-0.3, -0.25) is 9.59 Å². The molecule has 0 atom stereocenters. The van der Waals surface area contributed by atoms with Crippen molar-refractivity contribution in [1.82, 2.24) is 14.8 Å². The van der Waals surface area contributed by atoms with E-state index in [1.54, 1.807) is 37.0 Å². The Kier molecular flexibility index (Phi) is 5.57. The summed E-state index contributed by atoms with van der Waals surface area (Å²) in [6.45, 7) is 1.75. The summed E-state index contributed by atoms with van der Waals surface area (Å²) in [5.41, 5.74) is 0.110. The molecule has 1 heterocycles. The predicted octanol–water partition coefficient (Wildman–Crippen LogP) is 1.44. The third kappa shape index (κ3) is 4.58. The van der Waals surface area contributed by atoms with Crippen molar-refractivity contribution in [3.05, 3.63) is 27.9 Å². The zero-order valence-corrected chi connectivity index (χ0v) is 13.1. The largest absolute Gasteiger partial charge is 0.383 e. The van der Waals surface area contributed by atoms with Crippen LogP contribution in [0.25, 0.3) is 0 Å². The lowest BCUT2D eigenvalue weighted by molar-refractivity contribution is 0.0982. The Morgan fingerprint density at radius 2 is 1.85 bits per heavy atom. The van der Waals surface area contributed by atoms with Crippen LogP contribution < -0.4 is 0 Å². The van der Waals surface area contributed by atoms with Crippen molar-refractivity contribution in [2.75, 3.05) is 28.2 Å². The summed E-state index contributed by atoms with van der Waals surface area (Å²) in [7, 11) is 7.15. The minimum atomic E-state index is -0.510. The molecule has 0 spiro atoms. The van der Waals surface area contributed by atoms with E-state index in [4.69, 9.17) is 0 Å². The first-order valence-electron chi connectivity index (χ1n) is 5.92. The van der Waals surface area contributed by atoms with Gasteiger partial charge in [0.25, 0.3) is 5.91 Å². The number of hydrogen-bond donors (Lipinski definition) is 0. The zero-order chi connectivity index (χ0) is 15.3. The number of rotatable bonds is 5. The van der Waals surface area contributed by atoms with Gasteiger partial charge in [-0.15, -0.1) is 11.3 Å². The fourth-order valence-electron chi connectivity index (χ4n) is 1.26. The average Bonchev–Trinajstić information content (AvgIpc) is 2.75. The lowest BCUT2D eigenvalue weighted by Crippen LogP contribution is -2.11. The molecule has 0 aliphatic heterocycles. The molecule has 0 bridgehead atoms. The Labute approximate surface area is 122 Å². The number of hydrogen-bond acceptors (Lipinski definition) is 5. The van der Waals surface area contributed by atoms with E-state index < -0.39 is 5.91 Å². The number of allylic oxidation sites excluding steroid dienone is 1. The molecule has 0 radical (unpaired) electrons. The van der Waals surface area contributed by atoms with Gasteiger partial charge >= 0.3 is 0 Å². The second kappa shape index (κ2) is 6.95. The highest BCUT2D eigenvalue weighted by Crippen LogP contribution is 2.20. The Morgan fingerprint density at radius 1 is 1.20 bits per heavy atom. The van der Waals surface area contributed by atoms with Crippen molar-refractivity contribution in [2.24, 2.45) is 4.99 Å². The van der Waals surface area contributed by atoms with Gasteiger partial charge in [-0.1, -0.05) is 0 Å². The lowest BCUT2D eigenvalue weighted by atomic mass is 10.2. The molecule has 0 aliphatic carbocycles. The third-order valence-electron chi connectivity index (χ3n) is 2.09. The Balaban J connectivity index is 3.05. The van der Waals surface area contributed by atoms with Crippen LogP contribution in [0.4, 0.5) is 0 Å². The van der Waals surface area contributed by atoms with Crippen LogP contribution in [0.3, 0.4) is 0 Å². The molecule has 108 valence electrons. The highest BCUT2D eigenvalue weighted by Gasteiger charge is 2.20. The minimum Gasteiger partial charge on any atom is -0.383 e. The van der Waals surface area contributed by atoms with Gasteiger partial charge < -0.3 is 9.80 Å². The molecule has 0 N–H and O–H groups in total. The summed E-state index contributed by atoms with van der Waals surface area (Å²) in [6, 6.07) is 0. The summed E-state index contributed by atoms with van der Waals surface area (Å²) in [4.78, 5) is 35.6. The van der Waals surface area contributed by atoms with Gasteiger partial charge in [0.15, 0.2) is 11.5 Å². The van der Waals surface area contributed by atoms with Crippen molar-refractivity contribution in [2.45, 2.75) is 6.92 Å². The van der Waals surface area contributed by atoms with Crippen LogP contribution in [0.15, 0.2) is 17.3 Å². The number of carbonyl (C=O) groups excluding carboxylic acids is 2. The molecule has 0 aliphatic rings. The first kappa shape index (κ1) is 16.0. The molecule has 0 fully saturated rings. The zero-order valence-electron chi connectivity index (χ0n) is 12.2. The second-order valence-electron chi connectivity index (χ2n) is 4.57. The highest BCUT2D eigenvalue weighted by atomic mass is 32.1. The van der Waals surface area contributed by atoms with Crippen molar-refractivity contribution in [3.63, 3.8) is 0 Å². The van der Waals surface area contributed by atoms with E-state index in [0.717, 1.165) is 0 Å². The van der Waals surface area contributed by atoms with Crippen LogP contribution in [0.5, 0.6) is 0 Å². The molecule has 7 heteroatoms. The number of nitrogens with zero attached hydrogens (tertiary/aromatic N) is 4. The molecular weight excluding hydrogens is 276 g/mol. The molecule has 1 rings (SSSR count). The van der Waals surface area contributed by atoms with Crippen molar-refractivity contribution in [3.8, 4) is 0 Å². The van der Waals surface area contributed by atoms with Crippen LogP contribution in [-0.2, 0) is 0 Å². The van der Waals surface area contributed by atoms with Crippen LogP contribution in [-0.4, -0.2) is 61.0 Å². The number of amides is 1. The molecule has 0 saturated heterocycles. The monoisotopic (exact) mass is 294 g/mol. The minimum absolute atomic E-state index is 0.110. The number of aryl methyl sites for hydroxylation is 1. The molecular formula is C13H18N4O2S. The summed E-state index contributed by atoms with van der Waals surface area (Å²) < 4.78 is 0.